The Morgan fingerprint density at radius 2 is 1.89 bits per heavy atom. The molecule has 1 unspecified atom stereocenters. The SMILES string of the molecule is Fc1ccc(C2CCCCCN2)cc1C(F)(F)F. The molecular weight excluding hydrogens is 246 g/mol. The maximum absolute atomic E-state index is 13.2. The van der Waals surface area contributed by atoms with Crippen LogP contribution in [0.1, 0.15) is 42.9 Å². The second kappa shape index (κ2) is 5.26. The van der Waals surface area contributed by atoms with Crippen molar-refractivity contribution in [1.82, 2.24) is 5.32 Å². The molecular formula is C13H15F4N. The molecule has 0 bridgehead atoms. The van der Waals surface area contributed by atoms with Crippen molar-refractivity contribution in [3.8, 4) is 0 Å². The van der Waals surface area contributed by atoms with E-state index < -0.39 is 17.6 Å². The van der Waals surface area contributed by atoms with Crippen LogP contribution in [0, 0.1) is 5.82 Å². The summed E-state index contributed by atoms with van der Waals surface area (Å²) >= 11 is 0. The number of hydrogen-bond acceptors (Lipinski definition) is 1. The normalized spacial score (nSPS) is 21.7. The van der Waals surface area contributed by atoms with E-state index in [9.17, 15) is 17.6 Å². The van der Waals surface area contributed by atoms with E-state index in [1.807, 2.05) is 0 Å². The first kappa shape index (κ1) is 13.3. The molecule has 1 heterocycles. The molecule has 1 aromatic rings. The summed E-state index contributed by atoms with van der Waals surface area (Å²) in [5, 5.41) is 3.21. The molecule has 0 radical (unpaired) electrons. The predicted molar refractivity (Wildman–Crippen MR) is 60.6 cm³/mol. The lowest BCUT2D eigenvalue weighted by Gasteiger charge is -2.18. The van der Waals surface area contributed by atoms with Crippen LogP contribution in [-0.2, 0) is 6.18 Å². The van der Waals surface area contributed by atoms with E-state index in [0.29, 0.717) is 5.56 Å². The highest BCUT2D eigenvalue weighted by Gasteiger charge is 2.34. The van der Waals surface area contributed by atoms with E-state index in [4.69, 9.17) is 0 Å². The Morgan fingerprint density at radius 3 is 2.61 bits per heavy atom. The Balaban J connectivity index is 2.28. The van der Waals surface area contributed by atoms with E-state index in [0.717, 1.165) is 44.4 Å². The number of rotatable bonds is 1. The molecule has 1 aliphatic heterocycles. The molecule has 0 spiro atoms. The van der Waals surface area contributed by atoms with E-state index in [-0.39, 0.29) is 6.04 Å². The van der Waals surface area contributed by atoms with Gasteiger partial charge in [-0.2, -0.15) is 13.2 Å². The van der Waals surface area contributed by atoms with Gasteiger partial charge in [-0.15, -0.1) is 0 Å². The van der Waals surface area contributed by atoms with Crippen LogP contribution in [0.4, 0.5) is 17.6 Å². The molecule has 100 valence electrons. The fourth-order valence-corrected chi connectivity index (χ4v) is 2.29. The van der Waals surface area contributed by atoms with Crippen molar-refractivity contribution in [2.75, 3.05) is 6.54 Å². The van der Waals surface area contributed by atoms with Gasteiger partial charge < -0.3 is 5.32 Å². The van der Waals surface area contributed by atoms with Gasteiger partial charge >= 0.3 is 6.18 Å². The number of hydrogen-bond donors (Lipinski definition) is 1. The Bertz CT molecular complexity index is 406. The molecule has 1 aliphatic rings. The quantitative estimate of drug-likeness (QED) is 0.752. The molecule has 1 aromatic carbocycles. The molecule has 1 N–H and O–H groups in total. The highest BCUT2D eigenvalue weighted by atomic mass is 19.4. The average Bonchev–Trinajstić information content (AvgIpc) is 2.56. The monoisotopic (exact) mass is 261 g/mol. The maximum Gasteiger partial charge on any atom is 0.419 e. The molecule has 1 nitrogen and oxygen atoms in total. The number of halogens is 4. The van der Waals surface area contributed by atoms with Gasteiger partial charge in [-0.05, 0) is 37.1 Å². The lowest BCUT2D eigenvalue weighted by molar-refractivity contribution is -0.140. The van der Waals surface area contributed by atoms with E-state index in [1.54, 1.807) is 0 Å². The first-order valence-corrected chi connectivity index (χ1v) is 6.08. The molecule has 0 amide bonds. The third kappa shape index (κ3) is 3.02. The summed E-state index contributed by atoms with van der Waals surface area (Å²) < 4.78 is 51.0. The smallest absolute Gasteiger partial charge is 0.310 e. The molecule has 5 heteroatoms. The average molecular weight is 261 g/mol. The van der Waals surface area contributed by atoms with E-state index in [2.05, 4.69) is 5.32 Å². The van der Waals surface area contributed by atoms with Gasteiger partial charge in [-0.3, -0.25) is 0 Å². The minimum atomic E-state index is -4.63. The molecule has 0 saturated carbocycles. The minimum absolute atomic E-state index is 0.103. The Hall–Kier alpha value is -1.10. The number of alkyl halides is 3. The summed E-state index contributed by atoms with van der Waals surface area (Å²) in [6.07, 6.45) is -0.745. The lowest BCUT2D eigenvalue weighted by atomic mass is 9.99. The molecule has 0 aromatic heterocycles. The van der Waals surface area contributed by atoms with Crippen molar-refractivity contribution in [2.45, 2.75) is 37.9 Å². The second-order valence-electron chi connectivity index (χ2n) is 4.59. The summed E-state index contributed by atoms with van der Waals surface area (Å²) in [4.78, 5) is 0. The van der Waals surface area contributed by atoms with E-state index >= 15 is 0 Å². The zero-order valence-corrected chi connectivity index (χ0v) is 9.86. The van der Waals surface area contributed by atoms with Gasteiger partial charge in [-0.1, -0.05) is 18.9 Å². The Labute approximate surface area is 103 Å². The van der Waals surface area contributed by atoms with Crippen LogP contribution in [0.3, 0.4) is 0 Å². The van der Waals surface area contributed by atoms with Gasteiger partial charge in [0.05, 0.1) is 5.56 Å². The summed E-state index contributed by atoms with van der Waals surface area (Å²) in [5.74, 6) is -1.21. The number of benzene rings is 1. The van der Waals surface area contributed by atoms with E-state index in [1.165, 1.54) is 6.07 Å². The fourth-order valence-electron chi connectivity index (χ4n) is 2.29. The summed E-state index contributed by atoms with van der Waals surface area (Å²) in [7, 11) is 0. The van der Waals surface area contributed by atoms with Crippen LogP contribution in [-0.4, -0.2) is 6.54 Å². The van der Waals surface area contributed by atoms with Gasteiger partial charge in [0.1, 0.15) is 5.82 Å². The first-order valence-electron chi connectivity index (χ1n) is 6.08. The third-order valence-corrected chi connectivity index (χ3v) is 3.26. The zero-order chi connectivity index (χ0) is 13.2. The van der Waals surface area contributed by atoms with Crippen LogP contribution >= 0.6 is 0 Å². The predicted octanol–water partition coefficient (Wildman–Crippen LogP) is 4.05. The first-order chi connectivity index (χ1) is 8.48. The van der Waals surface area contributed by atoms with Gasteiger partial charge in [0.25, 0.3) is 0 Å². The minimum Gasteiger partial charge on any atom is -0.310 e. The zero-order valence-electron chi connectivity index (χ0n) is 9.86. The largest absolute Gasteiger partial charge is 0.419 e. The van der Waals surface area contributed by atoms with Crippen molar-refractivity contribution >= 4 is 0 Å². The van der Waals surface area contributed by atoms with Gasteiger partial charge in [0, 0.05) is 6.04 Å². The Kier molecular flexibility index (Phi) is 3.90. The van der Waals surface area contributed by atoms with Crippen LogP contribution in [0.15, 0.2) is 18.2 Å². The highest BCUT2D eigenvalue weighted by molar-refractivity contribution is 5.29. The topological polar surface area (TPSA) is 12.0 Å². The fraction of sp³-hybridized carbons (Fsp3) is 0.538. The van der Waals surface area contributed by atoms with Crippen molar-refractivity contribution in [2.24, 2.45) is 0 Å². The maximum atomic E-state index is 13.2. The summed E-state index contributed by atoms with van der Waals surface area (Å²) in [5.41, 5.74) is -0.656. The summed E-state index contributed by atoms with van der Waals surface area (Å²) in [6, 6.07) is 3.17. The number of nitrogens with one attached hydrogen (secondary N) is 1. The third-order valence-electron chi connectivity index (χ3n) is 3.26. The molecule has 0 aliphatic carbocycles. The molecule has 2 rings (SSSR count). The van der Waals surface area contributed by atoms with Crippen molar-refractivity contribution in [3.05, 3.63) is 35.1 Å². The summed E-state index contributed by atoms with van der Waals surface area (Å²) in [6.45, 7) is 0.795. The standard InChI is InChI=1S/C13H15F4N/c14-11-6-5-9(8-10(11)13(15,16)17)12-4-2-1-3-7-18-12/h5-6,8,12,18H,1-4,7H2. The van der Waals surface area contributed by atoms with Gasteiger partial charge in [0.15, 0.2) is 0 Å². The molecule has 1 fully saturated rings. The van der Waals surface area contributed by atoms with Crippen molar-refractivity contribution in [1.29, 1.82) is 0 Å². The van der Waals surface area contributed by atoms with Gasteiger partial charge in [-0.25, -0.2) is 4.39 Å². The van der Waals surface area contributed by atoms with Gasteiger partial charge in [0.2, 0.25) is 0 Å². The lowest BCUT2D eigenvalue weighted by Crippen LogP contribution is -2.21. The molecule has 1 saturated heterocycles. The van der Waals surface area contributed by atoms with Crippen LogP contribution < -0.4 is 5.32 Å². The Morgan fingerprint density at radius 1 is 1.11 bits per heavy atom. The highest BCUT2D eigenvalue weighted by Crippen LogP contribution is 2.34. The molecule has 18 heavy (non-hydrogen) atoms. The van der Waals surface area contributed by atoms with Crippen molar-refractivity contribution in [3.63, 3.8) is 0 Å². The van der Waals surface area contributed by atoms with Crippen LogP contribution in [0.5, 0.6) is 0 Å². The second-order valence-corrected chi connectivity index (χ2v) is 4.59. The van der Waals surface area contributed by atoms with Crippen molar-refractivity contribution < 1.29 is 17.6 Å². The van der Waals surface area contributed by atoms with Crippen LogP contribution in [0.2, 0.25) is 0 Å². The molecule has 1 atom stereocenters. The van der Waals surface area contributed by atoms with Crippen LogP contribution in [0.25, 0.3) is 0 Å².